The molecule has 0 aromatic carbocycles. The van der Waals surface area contributed by atoms with Crippen molar-refractivity contribution in [3.8, 4) is 0 Å². The van der Waals surface area contributed by atoms with Crippen LogP contribution in [0.3, 0.4) is 0 Å². The molecule has 0 N–H and O–H groups in total. The fourth-order valence-corrected chi connectivity index (χ4v) is 10.2. The molecule has 0 amide bonds. The molecule has 0 aliphatic heterocycles. The van der Waals surface area contributed by atoms with Crippen LogP contribution in [0.15, 0.2) is 48.6 Å². The molecule has 0 heterocycles. The minimum absolute atomic E-state index is 0.0776. The number of rotatable bonds is 63. The van der Waals surface area contributed by atoms with Gasteiger partial charge in [-0.15, -0.1) is 0 Å². The van der Waals surface area contributed by atoms with Crippen molar-refractivity contribution < 1.29 is 28.6 Å². The molecule has 0 saturated heterocycles. The molecule has 6 nitrogen and oxygen atoms in total. The van der Waals surface area contributed by atoms with E-state index in [4.69, 9.17) is 14.2 Å². The smallest absolute Gasteiger partial charge is 0.306 e. The zero-order valence-corrected chi connectivity index (χ0v) is 51.7. The van der Waals surface area contributed by atoms with Gasteiger partial charge in [0, 0.05) is 19.3 Å². The summed E-state index contributed by atoms with van der Waals surface area (Å²) >= 11 is 0. The summed E-state index contributed by atoms with van der Waals surface area (Å²) in [5, 5.41) is 0. The number of carbonyl (C=O) groups excluding carboxylic acids is 3. The fourth-order valence-electron chi connectivity index (χ4n) is 10.2. The highest BCUT2D eigenvalue weighted by molar-refractivity contribution is 5.71. The lowest BCUT2D eigenvalue weighted by atomic mass is 10.0. The maximum atomic E-state index is 12.9. The lowest BCUT2D eigenvalue weighted by Crippen LogP contribution is -2.30. The van der Waals surface area contributed by atoms with Gasteiger partial charge in [-0.25, -0.2) is 0 Å². The molecule has 0 aliphatic carbocycles. The second-order valence-electron chi connectivity index (χ2n) is 23.1. The monoisotopic (exact) mass is 1080 g/mol. The average molecular weight is 1080 g/mol. The van der Waals surface area contributed by atoms with Gasteiger partial charge in [-0.2, -0.15) is 0 Å². The van der Waals surface area contributed by atoms with Crippen LogP contribution in [0.5, 0.6) is 0 Å². The molecule has 77 heavy (non-hydrogen) atoms. The van der Waals surface area contributed by atoms with Gasteiger partial charge < -0.3 is 14.2 Å². The van der Waals surface area contributed by atoms with Crippen LogP contribution in [0, 0.1) is 0 Å². The van der Waals surface area contributed by atoms with Crippen molar-refractivity contribution in [2.75, 3.05) is 13.2 Å². The van der Waals surface area contributed by atoms with Crippen LogP contribution in [-0.4, -0.2) is 37.2 Å². The number of allylic oxidation sites excluding steroid dienone is 8. The Kier molecular flexibility index (Phi) is 63.6. The highest BCUT2D eigenvalue weighted by atomic mass is 16.6. The van der Waals surface area contributed by atoms with E-state index in [2.05, 4.69) is 69.4 Å². The molecule has 0 spiro atoms. The van der Waals surface area contributed by atoms with Crippen molar-refractivity contribution in [1.29, 1.82) is 0 Å². The molecule has 0 rings (SSSR count). The van der Waals surface area contributed by atoms with Crippen LogP contribution in [0.1, 0.15) is 367 Å². The van der Waals surface area contributed by atoms with Crippen LogP contribution in [-0.2, 0) is 28.6 Å². The molecule has 0 aromatic rings. The maximum absolute atomic E-state index is 12.9. The molecular weight excluding hydrogens is 949 g/mol. The van der Waals surface area contributed by atoms with Crippen LogP contribution in [0.4, 0.5) is 0 Å². The van der Waals surface area contributed by atoms with Crippen molar-refractivity contribution >= 4 is 17.9 Å². The molecule has 450 valence electrons. The Morgan fingerprint density at radius 2 is 0.468 bits per heavy atom. The lowest BCUT2D eigenvalue weighted by Gasteiger charge is -2.18. The van der Waals surface area contributed by atoms with Gasteiger partial charge in [0.1, 0.15) is 13.2 Å². The summed E-state index contributed by atoms with van der Waals surface area (Å²) < 4.78 is 16.9. The lowest BCUT2D eigenvalue weighted by molar-refractivity contribution is -0.167. The third kappa shape index (κ3) is 64.1. The van der Waals surface area contributed by atoms with Crippen molar-refractivity contribution in [3.05, 3.63) is 48.6 Å². The highest BCUT2D eigenvalue weighted by Gasteiger charge is 2.19. The van der Waals surface area contributed by atoms with Crippen LogP contribution in [0.25, 0.3) is 0 Å². The number of hydrogen-bond acceptors (Lipinski definition) is 6. The van der Waals surface area contributed by atoms with Crippen LogP contribution < -0.4 is 0 Å². The molecule has 0 aliphatic rings. The van der Waals surface area contributed by atoms with Crippen molar-refractivity contribution in [3.63, 3.8) is 0 Å². The highest BCUT2D eigenvalue weighted by Crippen LogP contribution is 2.18. The zero-order chi connectivity index (χ0) is 55.7. The van der Waals surface area contributed by atoms with Crippen LogP contribution in [0.2, 0.25) is 0 Å². The number of hydrogen-bond donors (Lipinski definition) is 0. The Morgan fingerprint density at radius 1 is 0.260 bits per heavy atom. The molecule has 0 aromatic heterocycles. The summed E-state index contributed by atoms with van der Waals surface area (Å²) in [5.74, 6) is -0.877. The molecule has 1 atom stereocenters. The first-order chi connectivity index (χ1) is 38.0. The first-order valence-electron chi connectivity index (χ1n) is 34.1. The zero-order valence-electron chi connectivity index (χ0n) is 51.7. The minimum atomic E-state index is -0.783. The summed E-state index contributed by atoms with van der Waals surface area (Å²) in [7, 11) is 0. The number of ether oxygens (including phenoxy) is 3. The van der Waals surface area contributed by atoms with Gasteiger partial charge in [0.2, 0.25) is 0 Å². The van der Waals surface area contributed by atoms with Gasteiger partial charge in [-0.05, 0) is 83.5 Å². The summed E-state index contributed by atoms with van der Waals surface area (Å²) in [6, 6.07) is 0. The quantitative estimate of drug-likeness (QED) is 0.0261. The Morgan fingerprint density at radius 3 is 0.779 bits per heavy atom. The Balaban J connectivity index is 4.23. The second kappa shape index (κ2) is 65.9. The van der Waals surface area contributed by atoms with E-state index in [1.807, 2.05) is 0 Å². The normalized spacial score (nSPS) is 12.3. The molecule has 0 bridgehead atoms. The third-order valence-corrected chi connectivity index (χ3v) is 15.3. The molecular formula is C71H130O6. The van der Waals surface area contributed by atoms with Crippen molar-refractivity contribution in [2.45, 2.75) is 374 Å². The van der Waals surface area contributed by atoms with Crippen molar-refractivity contribution in [1.82, 2.24) is 0 Å². The first kappa shape index (κ1) is 74.4. The van der Waals surface area contributed by atoms with E-state index < -0.39 is 6.10 Å². The Bertz CT molecular complexity index is 1330. The number of carbonyl (C=O) groups is 3. The molecule has 0 fully saturated rings. The van der Waals surface area contributed by atoms with Gasteiger partial charge in [-0.1, -0.05) is 313 Å². The van der Waals surface area contributed by atoms with Gasteiger partial charge in [0.05, 0.1) is 0 Å². The second-order valence-corrected chi connectivity index (χ2v) is 23.1. The fraction of sp³-hybridized carbons (Fsp3) is 0.845. The average Bonchev–Trinajstić information content (AvgIpc) is 3.43. The first-order valence-corrected chi connectivity index (χ1v) is 34.1. The van der Waals surface area contributed by atoms with E-state index in [-0.39, 0.29) is 31.1 Å². The summed E-state index contributed by atoms with van der Waals surface area (Å²) in [5.41, 5.74) is 0. The Hall–Kier alpha value is -2.63. The Labute approximate surface area is 479 Å². The van der Waals surface area contributed by atoms with Gasteiger partial charge in [-0.3, -0.25) is 14.4 Å². The van der Waals surface area contributed by atoms with E-state index in [1.54, 1.807) is 0 Å². The van der Waals surface area contributed by atoms with Gasteiger partial charge >= 0.3 is 17.9 Å². The summed E-state index contributed by atoms with van der Waals surface area (Å²) in [6.07, 6.45) is 82.8. The predicted octanol–water partition coefficient (Wildman–Crippen LogP) is 23.3. The third-order valence-electron chi connectivity index (χ3n) is 15.3. The molecule has 6 heteroatoms. The number of unbranched alkanes of at least 4 members (excludes halogenated alkanes) is 44. The summed E-state index contributed by atoms with van der Waals surface area (Å²) in [6.45, 7) is 6.64. The molecule has 0 saturated carbocycles. The summed E-state index contributed by atoms with van der Waals surface area (Å²) in [4.78, 5) is 38.3. The maximum Gasteiger partial charge on any atom is 0.306 e. The predicted molar refractivity (Wildman–Crippen MR) is 335 cm³/mol. The van der Waals surface area contributed by atoms with E-state index >= 15 is 0 Å². The SMILES string of the molecule is CCCCC/C=C\C/C=C\C/C=C\CCCCCCCCC(=O)OC(COC(=O)CCCCCCC/C=C\CCCCCC)COC(=O)CCCCCCCCCCCCCCCCCCCCCCCCCCCCC. The van der Waals surface area contributed by atoms with E-state index in [9.17, 15) is 14.4 Å². The standard InChI is InChI=1S/C71H130O6/c1-4-7-10-13-16-19-22-25-27-29-31-32-33-34-35-36-37-38-40-41-43-46-49-52-55-58-61-64-70(73)76-67-68(66-75-69(72)63-60-57-54-51-48-45-24-21-18-15-12-9-6-3)77-71(74)65-62-59-56-53-50-47-44-42-39-30-28-26-23-20-17-14-11-8-5-2/h17,20-21,24,26,28,39,42,68H,4-16,18-19,22-23,25,27,29-38,40-41,43-67H2,1-3H3/b20-17-,24-21-,28-26-,42-39-. The molecule has 0 radical (unpaired) electrons. The van der Waals surface area contributed by atoms with E-state index in [0.717, 1.165) is 89.9 Å². The van der Waals surface area contributed by atoms with E-state index in [1.165, 1.54) is 238 Å². The van der Waals surface area contributed by atoms with Crippen LogP contribution >= 0.6 is 0 Å². The molecule has 1 unspecified atom stereocenters. The number of esters is 3. The topological polar surface area (TPSA) is 78.9 Å². The van der Waals surface area contributed by atoms with Crippen molar-refractivity contribution in [2.24, 2.45) is 0 Å². The van der Waals surface area contributed by atoms with Gasteiger partial charge in [0.15, 0.2) is 6.10 Å². The minimum Gasteiger partial charge on any atom is -0.462 e. The van der Waals surface area contributed by atoms with Gasteiger partial charge in [0.25, 0.3) is 0 Å². The largest absolute Gasteiger partial charge is 0.462 e. The van der Waals surface area contributed by atoms with E-state index in [0.29, 0.717) is 19.3 Å².